The van der Waals surface area contributed by atoms with Crippen molar-refractivity contribution in [2.75, 3.05) is 20.6 Å². The molecule has 0 saturated heterocycles. The average molecular weight is 211 g/mol. The Morgan fingerprint density at radius 2 is 1.60 bits per heavy atom. The van der Waals surface area contributed by atoms with E-state index in [0.717, 1.165) is 12.2 Å². The third kappa shape index (κ3) is 6.45. The molecule has 0 aliphatic heterocycles. The van der Waals surface area contributed by atoms with E-state index in [1.807, 2.05) is 19.0 Å². The number of carbonyl (C=O) groups is 2. The molecule has 0 aromatic heterocycles. The minimum atomic E-state index is -0.448. The molecule has 5 nitrogen and oxygen atoms in total. The van der Waals surface area contributed by atoms with Crippen molar-refractivity contribution < 1.29 is 9.59 Å². The SMILES string of the molecule is C=CC(=O)NC(CN(C)C)NC(=O)C=C. The van der Waals surface area contributed by atoms with Crippen molar-refractivity contribution in [3.63, 3.8) is 0 Å². The largest absolute Gasteiger partial charge is 0.331 e. The first-order chi connectivity index (χ1) is 6.99. The molecule has 0 unspecified atom stereocenters. The van der Waals surface area contributed by atoms with Crippen LogP contribution in [0.4, 0.5) is 0 Å². The number of nitrogens with one attached hydrogen (secondary N) is 2. The van der Waals surface area contributed by atoms with E-state index >= 15 is 0 Å². The molecule has 0 bridgehead atoms. The first-order valence-electron chi connectivity index (χ1n) is 4.50. The van der Waals surface area contributed by atoms with E-state index in [2.05, 4.69) is 23.8 Å². The predicted molar refractivity (Wildman–Crippen MR) is 59.0 cm³/mol. The molecule has 84 valence electrons. The highest BCUT2D eigenvalue weighted by Gasteiger charge is 2.12. The van der Waals surface area contributed by atoms with Gasteiger partial charge in [-0.1, -0.05) is 13.2 Å². The van der Waals surface area contributed by atoms with Gasteiger partial charge in [0.15, 0.2) is 0 Å². The van der Waals surface area contributed by atoms with Crippen molar-refractivity contribution in [3.05, 3.63) is 25.3 Å². The van der Waals surface area contributed by atoms with E-state index in [4.69, 9.17) is 0 Å². The van der Waals surface area contributed by atoms with Crippen LogP contribution in [0.2, 0.25) is 0 Å². The summed E-state index contributed by atoms with van der Waals surface area (Å²) in [5, 5.41) is 5.17. The zero-order valence-electron chi connectivity index (χ0n) is 9.12. The Labute approximate surface area is 89.8 Å². The summed E-state index contributed by atoms with van der Waals surface area (Å²) in [6.07, 6.45) is 1.86. The van der Waals surface area contributed by atoms with Crippen molar-refractivity contribution in [2.24, 2.45) is 0 Å². The zero-order chi connectivity index (χ0) is 11.8. The van der Waals surface area contributed by atoms with Crippen molar-refractivity contribution in [2.45, 2.75) is 6.17 Å². The maximum Gasteiger partial charge on any atom is 0.245 e. The molecule has 0 aliphatic rings. The number of amides is 2. The van der Waals surface area contributed by atoms with Gasteiger partial charge < -0.3 is 15.5 Å². The van der Waals surface area contributed by atoms with Gasteiger partial charge in [0.25, 0.3) is 0 Å². The summed E-state index contributed by atoms with van der Waals surface area (Å²) in [5.74, 6) is -0.655. The number of hydrogen-bond acceptors (Lipinski definition) is 3. The third-order valence-electron chi connectivity index (χ3n) is 1.55. The molecule has 0 heterocycles. The van der Waals surface area contributed by atoms with Gasteiger partial charge in [0.2, 0.25) is 11.8 Å². The number of nitrogens with zero attached hydrogens (tertiary/aromatic N) is 1. The molecule has 0 aromatic rings. The Morgan fingerprint density at radius 1 is 1.20 bits per heavy atom. The van der Waals surface area contributed by atoms with E-state index in [1.165, 1.54) is 0 Å². The predicted octanol–water partition coefficient (Wildman–Crippen LogP) is -0.521. The summed E-state index contributed by atoms with van der Waals surface area (Å²) >= 11 is 0. The van der Waals surface area contributed by atoms with Crippen LogP contribution in [0.3, 0.4) is 0 Å². The summed E-state index contributed by atoms with van der Waals surface area (Å²) < 4.78 is 0. The average Bonchev–Trinajstić information content (AvgIpc) is 2.16. The lowest BCUT2D eigenvalue weighted by Gasteiger charge is -2.22. The molecule has 0 aromatic carbocycles. The minimum absolute atomic E-state index is 0.328. The Balaban J connectivity index is 4.29. The first-order valence-corrected chi connectivity index (χ1v) is 4.50. The van der Waals surface area contributed by atoms with E-state index in [-0.39, 0.29) is 11.8 Å². The van der Waals surface area contributed by atoms with Gasteiger partial charge in [0, 0.05) is 6.54 Å². The minimum Gasteiger partial charge on any atom is -0.331 e. The van der Waals surface area contributed by atoms with Crippen molar-refractivity contribution in [1.82, 2.24) is 15.5 Å². The first kappa shape index (κ1) is 13.4. The van der Waals surface area contributed by atoms with Gasteiger partial charge in [-0.2, -0.15) is 0 Å². The molecule has 0 aliphatic carbocycles. The maximum atomic E-state index is 11.0. The van der Waals surface area contributed by atoms with Crippen LogP contribution in [-0.4, -0.2) is 43.5 Å². The lowest BCUT2D eigenvalue weighted by molar-refractivity contribution is -0.119. The number of carbonyl (C=O) groups excluding carboxylic acids is 2. The molecule has 2 amide bonds. The van der Waals surface area contributed by atoms with E-state index in [9.17, 15) is 9.59 Å². The van der Waals surface area contributed by atoms with Gasteiger partial charge in [0.1, 0.15) is 6.17 Å². The summed E-state index contributed by atoms with van der Waals surface area (Å²) in [6.45, 7) is 7.17. The summed E-state index contributed by atoms with van der Waals surface area (Å²) in [7, 11) is 3.68. The summed E-state index contributed by atoms with van der Waals surface area (Å²) in [4.78, 5) is 23.9. The van der Waals surface area contributed by atoms with Crippen LogP contribution in [0.25, 0.3) is 0 Å². The molecule has 0 fully saturated rings. The van der Waals surface area contributed by atoms with Gasteiger partial charge in [-0.05, 0) is 26.2 Å². The van der Waals surface area contributed by atoms with Crippen LogP contribution < -0.4 is 10.6 Å². The lowest BCUT2D eigenvalue weighted by atomic mass is 10.4. The number of hydrogen-bond donors (Lipinski definition) is 2. The topological polar surface area (TPSA) is 61.4 Å². The molecular weight excluding hydrogens is 194 g/mol. The Bertz CT molecular complexity index is 239. The van der Waals surface area contributed by atoms with Gasteiger partial charge >= 0.3 is 0 Å². The quantitative estimate of drug-likeness (QED) is 0.459. The second-order valence-electron chi connectivity index (χ2n) is 3.24. The zero-order valence-corrected chi connectivity index (χ0v) is 9.12. The van der Waals surface area contributed by atoms with Gasteiger partial charge in [0.05, 0.1) is 0 Å². The third-order valence-corrected chi connectivity index (χ3v) is 1.55. The summed E-state index contributed by atoms with van der Waals surface area (Å²) in [5.41, 5.74) is 0. The second kappa shape index (κ2) is 6.78. The van der Waals surface area contributed by atoms with Crippen molar-refractivity contribution in [1.29, 1.82) is 0 Å². The molecule has 2 N–H and O–H groups in total. The fourth-order valence-corrected chi connectivity index (χ4v) is 0.954. The van der Waals surface area contributed by atoms with Crippen LogP contribution >= 0.6 is 0 Å². The van der Waals surface area contributed by atoms with Crippen LogP contribution in [0, 0.1) is 0 Å². The highest BCUT2D eigenvalue weighted by molar-refractivity contribution is 5.89. The molecule has 0 spiro atoms. The molecule has 5 heteroatoms. The summed E-state index contributed by atoms with van der Waals surface area (Å²) in [6, 6.07) is 0. The number of rotatable bonds is 6. The van der Waals surface area contributed by atoms with Crippen molar-refractivity contribution in [3.8, 4) is 0 Å². The van der Waals surface area contributed by atoms with Crippen LogP contribution in [-0.2, 0) is 9.59 Å². The normalized spacial score (nSPS) is 9.87. The molecule has 0 rings (SSSR count). The molecule has 0 saturated carbocycles. The van der Waals surface area contributed by atoms with Crippen molar-refractivity contribution >= 4 is 11.8 Å². The van der Waals surface area contributed by atoms with Crippen LogP contribution in [0.1, 0.15) is 0 Å². The smallest absolute Gasteiger partial charge is 0.245 e. The molecule has 0 atom stereocenters. The second-order valence-corrected chi connectivity index (χ2v) is 3.24. The molecular formula is C10H17N3O2. The van der Waals surface area contributed by atoms with Crippen LogP contribution in [0.15, 0.2) is 25.3 Å². The van der Waals surface area contributed by atoms with Gasteiger partial charge in [-0.15, -0.1) is 0 Å². The number of likely N-dealkylation sites (N-methyl/N-ethyl adjacent to an activating group) is 1. The van der Waals surface area contributed by atoms with Gasteiger partial charge in [-0.3, -0.25) is 9.59 Å². The Morgan fingerprint density at radius 3 is 1.87 bits per heavy atom. The highest BCUT2D eigenvalue weighted by atomic mass is 16.2. The van der Waals surface area contributed by atoms with E-state index < -0.39 is 6.17 Å². The monoisotopic (exact) mass is 211 g/mol. The Hall–Kier alpha value is -1.62. The highest BCUT2D eigenvalue weighted by Crippen LogP contribution is 1.84. The fraction of sp³-hybridized carbons (Fsp3) is 0.400. The standard InChI is InChI=1S/C10H17N3O2/c1-5-9(14)11-8(7-13(3)4)12-10(15)6-2/h5-6,8H,1-2,7H2,3-4H3,(H,11,14)(H,12,15). The fourth-order valence-electron chi connectivity index (χ4n) is 0.954. The lowest BCUT2D eigenvalue weighted by Crippen LogP contribution is -2.52. The van der Waals surface area contributed by atoms with E-state index in [0.29, 0.717) is 6.54 Å². The molecule has 15 heavy (non-hydrogen) atoms. The van der Waals surface area contributed by atoms with Crippen LogP contribution in [0.5, 0.6) is 0 Å². The Kier molecular flexibility index (Phi) is 6.05. The van der Waals surface area contributed by atoms with Gasteiger partial charge in [-0.25, -0.2) is 0 Å². The van der Waals surface area contributed by atoms with E-state index in [1.54, 1.807) is 0 Å². The molecule has 0 radical (unpaired) electrons. The maximum absolute atomic E-state index is 11.0.